The maximum Gasteiger partial charge on any atom is 0.322 e. The Morgan fingerprint density at radius 3 is 2.16 bits per heavy atom. The number of nitrogens with one attached hydrogen (secondary N) is 1. The minimum Gasteiger partial charge on any atom is -0.459 e. The molecule has 0 aliphatic heterocycles. The molecule has 5 aromatic rings. The zero-order valence-corrected chi connectivity index (χ0v) is 20.9. The van der Waals surface area contributed by atoms with E-state index in [2.05, 4.69) is 5.32 Å². The van der Waals surface area contributed by atoms with Crippen molar-refractivity contribution >= 4 is 22.7 Å². The zero-order chi connectivity index (χ0) is 26.8. The first-order valence-corrected chi connectivity index (χ1v) is 12.1. The van der Waals surface area contributed by atoms with Gasteiger partial charge >= 0.3 is 6.03 Å². The van der Waals surface area contributed by atoms with Crippen molar-refractivity contribution in [1.82, 2.24) is 4.90 Å². The predicted octanol–water partition coefficient (Wildman–Crippen LogP) is 8.37. The zero-order valence-electron chi connectivity index (χ0n) is 20.9. The highest BCUT2D eigenvalue weighted by atomic mass is 19.1. The van der Waals surface area contributed by atoms with E-state index in [9.17, 15) is 18.0 Å². The first kappa shape index (κ1) is 25.1. The van der Waals surface area contributed by atoms with Crippen LogP contribution >= 0.6 is 0 Å². The van der Waals surface area contributed by atoms with E-state index >= 15 is 0 Å². The number of carbonyl (C=O) groups excluding carboxylic acids is 1. The molecule has 0 saturated carbocycles. The van der Waals surface area contributed by atoms with E-state index < -0.39 is 29.2 Å². The van der Waals surface area contributed by atoms with Gasteiger partial charge in [0.1, 0.15) is 22.8 Å². The van der Waals surface area contributed by atoms with Crippen LogP contribution in [0.2, 0.25) is 0 Å². The van der Waals surface area contributed by atoms with Crippen molar-refractivity contribution in [2.75, 3.05) is 5.32 Å². The summed E-state index contributed by atoms with van der Waals surface area (Å²) in [6.07, 6.45) is 0. The van der Waals surface area contributed by atoms with Crippen LogP contribution in [0.25, 0.3) is 22.1 Å². The molecule has 0 aliphatic carbocycles. The largest absolute Gasteiger partial charge is 0.459 e. The molecule has 4 aromatic carbocycles. The second-order valence-corrected chi connectivity index (χ2v) is 9.28. The Balaban J connectivity index is 1.57. The molecule has 1 aromatic heterocycles. The summed E-state index contributed by atoms with van der Waals surface area (Å²) in [4.78, 5) is 14.8. The van der Waals surface area contributed by atoms with Crippen LogP contribution < -0.4 is 5.32 Å². The van der Waals surface area contributed by atoms with Gasteiger partial charge in [-0.15, -0.1) is 0 Å². The lowest BCUT2D eigenvalue weighted by atomic mass is 9.99. The summed E-state index contributed by atoms with van der Waals surface area (Å²) in [5.74, 6) is -2.94. The Bertz CT molecular complexity index is 1590. The lowest BCUT2D eigenvalue weighted by Crippen LogP contribution is -2.34. The van der Waals surface area contributed by atoms with E-state index in [0.717, 1.165) is 33.2 Å². The van der Waals surface area contributed by atoms with Crippen molar-refractivity contribution in [1.29, 1.82) is 0 Å². The van der Waals surface area contributed by atoms with E-state index in [1.165, 1.54) is 4.90 Å². The number of halogens is 3. The fraction of sp³-hybridized carbons (Fsp3) is 0.129. The van der Waals surface area contributed by atoms with Crippen LogP contribution in [0, 0.1) is 31.3 Å². The molecule has 192 valence electrons. The monoisotopic (exact) mass is 514 g/mol. The van der Waals surface area contributed by atoms with Crippen LogP contribution in [0.4, 0.5) is 23.7 Å². The van der Waals surface area contributed by atoms with Gasteiger partial charge in [0.2, 0.25) is 0 Å². The Morgan fingerprint density at radius 2 is 1.47 bits per heavy atom. The lowest BCUT2D eigenvalue weighted by molar-refractivity contribution is 0.201. The van der Waals surface area contributed by atoms with Gasteiger partial charge in [-0.3, -0.25) is 0 Å². The second kappa shape index (κ2) is 10.5. The standard InChI is InChI=1S/C31H25F3N2O2/c1-19-8-11-22(12-9-19)29-24-14-20(2)10-13-27(24)38-28(29)18-36(17-21-6-4-3-5-7-21)31(37)35-30-25(33)15-23(32)16-26(30)34/h3-16H,17-18H2,1-2H3,(H,35,37). The molecule has 0 radical (unpaired) electrons. The maximum atomic E-state index is 14.4. The fourth-order valence-corrected chi connectivity index (χ4v) is 4.43. The molecule has 0 saturated heterocycles. The Labute approximate surface area is 218 Å². The molecule has 0 spiro atoms. The van der Waals surface area contributed by atoms with E-state index in [-0.39, 0.29) is 13.1 Å². The van der Waals surface area contributed by atoms with Crippen LogP contribution in [0.1, 0.15) is 22.5 Å². The lowest BCUT2D eigenvalue weighted by Gasteiger charge is -2.23. The highest BCUT2D eigenvalue weighted by Gasteiger charge is 2.24. The van der Waals surface area contributed by atoms with Gasteiger partial charge in [-0.2, -0.15) is 0 Å². The quantitative estimate of drug-likeness (QED) is 0.247. The minimum absolute atomic E-state index is 0.0160. The number of nitrogens with zero attached hydrogens (tertiary/aromatic N) is 1. The summed E-state index contributed by atoms with van der Waals surface area (Å²) in [5.41, 5.74) is 4.68. The van der Waals surface area contributed by atoms with Crippen LogP contribution in [-0.4, -0.2) is 10.9 Å². The number of amides is 2. The van der Waals surface area contributed by atoms with Crippen LogP contribution in [0.5, 0.6) is 0 Å². The van der Waals surface area contributed by atoms with E-state index in [0.29, 0.717) is 23.5 Å². The highest BCUT2D eigenvalue weighted by Crippen LogP contribution is 2.37. The summed E-state index contributed by atoms with van der Waals surface area (Å²) in [7, 11) is 0. The third-order valence-electron chi connectivity index (χ3n) is 6.33. The molecule has 0 unspecified atom stereocenters. The van der Waals surface area contributed by atoms with E-state index in [4.69, 9.17) is 4.42 Å². The Morgan fingerprint density at radius 1 is 0.816 bits per heavy atom. The predicted molar refractivity (Wildman–Crippen MR) is 142 cm³/mol. The average Bonchev–Trinajstić information content (AvgIpc) is 3.23. The molecule has 0 bridgehead atoms. The van der Waals surface area contributed by atoms with Gasteiger partial charge in [-0.25, -0.2) is 18.0 Å². The molecule has 0 fully saturated rings. The number of fused-ring (bicyclic) bond motifs is 1. The van der Waals surface area contributed by atoms with Crippen molar-refractivity contribution in [2.45, 2.75) is 26.9 Å². The van der Waals surface area contributed by atoms with E-state index in [1.54, 1.807) is 0 Å². The SMILES string of the molecule is Cc1ccc(-c2c(CN(Cc3ccccc3)C(=O)Nc3c(F)cc(F)cc3F)oc3ccc(C)cc23)cc1. The first-order chi connectivity index (χ1) is 18.3. The third-order valence-corrected chi connectivity index (χ3v) is 6.33. The molecular weight excluding hydrogens is 489 g/mol. The molecule has 0 aliphatic rings. The van der Waals surface area contributed by atoms with Gasteiger partial charge in [0.15, 0.2) is 11.6 Å². The van der Waals surface area contributed by atoms with Crippen molar-refractivity contribution in [3.8, 4) is 11.1 Å². The number of urea groups is 1. The number of furan rings is 1. The third kappa shape index (κ3) is 5.27. The smallest absolute Gasteiger partial charge is 0.322 e. The van der Waals surface area contributed by atoms with Gasteiger partial charge < -0.3 is 14.6 Å². The fourth-order valence-electron chi connectivity index (χ4n) is 4.43. The number of rotatable bonds is 6. The summed E-state index contributed by atoms with van der Waals surface area (Å²) in [6.45, 7) is 4.15. The van der Waals surface area contributed by atoms with Gasteiger partial charge in [-0.05, 0) is 37.1 Å². The Kier molecular flexibility index (Phi) is 6.92. The van der Waals surface area contributed by atoms with Crippen molar-refractivity contribution < 1.29 is 22.4 Å². The number of hydrogen-bond donors (Lipinski definition) is 1. The molecule has 38 heavy (non-hydrogen) atoms. The first-order valence-electron chi connectivity index (χ1n) is 12.1. The number of carbonyl (C=O) groups is 1. The van der Waals surface area contributed by atoms with Gasteiger partial charge in [-0.1, -0.05) is 71.8 Å². The Hall–Kier alpha value is -4.52. The topological polar surface area (TPSA) is 45.5 Å². The number of hydrogen-bond acceptors (Lipinski definition) is 2. The summed E-state index contributed by atoms with van der Waals surface area (Å²) < 4.78 is 48.4. The number of aryl methyl sites for hydroxylation is 2. The number of benzene rings is 4. The van der Waals surface area contributed by atoms with Gasteiger partial charge in [0, 0.05) is 29.6 Å². The van der Waals surface area contributed by atoms with Crippen LogP contribution in [-0.2, 0) is 13.1 Å². The maximum absolute atomic E-state index is 14.4. The normalized spacial score (nSPS) is 11.1. The molecule has 2 amide bonds. The summed E-state index contributed by atoms with van der Waals surface area (Å²) >= 11 is 0. The van der Waals surface area contributed by atoms with Gasteiger partial charge in [0.25, 0.3) is 0 Å². The van der Waals surface area contributed by atoms with Crippen molar-refractivity contribution in [2.24, 2.45) is 0 Å². The van der Waals surface area contributed by atoms with Crippen molar-refractivity contribution in [3.63, 3.8) is 0 Å². The molecular formula is C31H25F3N2O2. The second-order valence-electron chi connectivity index (χ2n) is 9.28. The molecule has 0 atom stereocenters. The molecule has 7 heteroatoms. The average molecular weight is 515 g/mol. The van der Waals surface area contributed by atoms with Crippen LogP contribution in [0.3, 0.4) is 0 Å². The molecule has 1 N–H and O–H groups in total. The summed E-state index contributed by atoms with van der Waals surface area (Å²) in [6, 6.07) is 23.4. The molecule has 4 nitrogen and oxygen atoms in total. The molecule has 5 rings (SSSR count). The van der Waals surface area contributed by atoms with E-state index in [1.807, 2.05) is 86.6 Å². The van der Waals surface area contributed by atoms with Gasteiger partial charge in [0.05, 0.1) is 6.54 Å². The van der Waals surface area contributed by atoms with Crippen LogP contribution in [0.15, 0.2) is 89.3 Å². The molecule has 1 heterocycles. The summed E-state index contributed by atoms with van der Waals surface area (Å²) in [5, 5.41) is 3.19. The number of anilines is 1. The highest BCUT2D eigenvalue weighted by molar-refractivity contribution is 5.96. The van der Waals surface area contributed by atoms with Crippen molar-refractivity contribution in [3.05, 3.63) is 125 Å². The minimum atomic E-state index is -1.20.